The minimum atomic E-state index is -1.66. The third kappa shape index (κ3) is 4.87. The highest BCUT2D eigenvalue weighted by Crippen LogP contribution is 2.49. The van der Waals surface area contributed by atoms with Crippen LogP contribution in [0.15, 0.2) is 48.9 Å². The van der Waals surface area contributed by atoms with Crippen LogP contribution < -0.4 is 23.7 Å². The molecule has 46 heavy (non-hydrogen) atoms. The molecule has 4 aromatic rings. The van der Waals surface area contributed by atoms with Crippen molar-refractivity contribution in [2.45, 2.75) is 44.2 Å². The molecule has 238 valence electrons. The van der Waals surface area contributed by atoms with E-state index >= 15 is 0 Å². The van der Waals surface area contributed by atoms with Crippen LogP contribution in [0.2, 0.25) is 0 Å². The van der Waals surface area contributed by atoms with Crippen molar-refractivity contribution in [3.8, 4) is 39.9 Å². The molecule has 0 saturated carbocycles. The quantitative estimate of drug-likeness (QED) is 0.285. The lowest BCUT2D eigenvalue weighted by molar-refractivity contribution is -0.267. The first-order chi connectivity index (χ1) is 22.3. The minimum absolute atomic E-state index is 0.0728. The number of nitrogens with zero attached hydrogens (tertiary/aromatic N) is 2. The number of esters is 2. The third-order valence-corrected chi connectivity index (χ3v) is 8.11. The smallest absolute Gasteiger partial charge is 0.359 e. The van der Waals surface area contributed by atoms with Gasteiger partial charge in [0.1, 0.15) is 18.5 Å². The highest BCUT2D eigenvalue weighted by Gasteiger charge is 2.47. The van der Waals surface area contributed by atoms with E-state index < -0.39 is 42.6 Å². The Bertz CT molecular complexity index is 1850. The third-order valence-electron chi connectivity index (χ3n) is 8.11. The zero-order valence-corrected chi connectivity index (χ0v) is 24.8. The number of hydrogen-bond donors (Lipinski definition) is 2. The molecule has 3 aliphatic heterocycles. The largest absolute Gasteiger partial charge is 0.493 e. The van der Waals surface area contributed by atoms with Gasteiger partial charge in [-0.1, -0.05) is 6.07 Å². The average molecular weight is 633 g/mol. The Morgan fingerprint density at radius 3 is 2.43 bits per heavy atom. The molecule has 14 heteroatoms. The lowest BCUT2D eigenvalue weighted by Gasteiger charge is -2.40. The maximum absolute atomic E-state index is 13.4. The molecule has 4 heterocycles. The van der Waals surface area contributed by atoms with Crippen LogP contribution in [-0.2, 0) is 20.8 Å². The summed E-state index contributed by atoms with van der Waals surface area (Å²) in [5.74, 6) is 0.504. The number of cyclic esters (lactones) is 1. The maximum Gasteiger partial charge on any atom is 0.359 e. The van der Waals surface area contributed by atoms with E-state index in [9.17, 15) is 19.8 Å². The van der Waals surface area contributed by atoms with Gasteiger partial charge in [0.05, 0.1) is 32.1 Å². The van der Waals surface area contributed by atoms with E-state index in [0.717, 1.165) is 0 Å². The first kappa shape index (κ1) is 29.5. The van der Waals surface area contributed by atoms with Gasteiger partial charge in [-0.25, -0.2) is 14.6 Å². The standard InChI is InChI=1S/C32H28N2O12/c1-14-26(35)29(45-30(37)19-11-33-6-7-34-19)27(36)32(44-14)46-28-17-10-22(40-3)21(39-2)9-16(17)24(25-18(28)12-41-31(25)38)15-4-5-20-23(8-15)43-13-42-20/h4-11,14,26-27,29,32,35-36H,12-13H2,1-3H3/t14-,26-,27-,29+,32?/m1/s1. The van der Waals surface area contributed by atoms with Gasteiger partial charge >= 0.3 is 11.9 Å². The highest BCUT2D eigenvalue weighted by molar-refractivity contribution is 6.14. The number of ether oxygens (including phenoxy) is 8. The topological polar surface area (TPSA) is 174 Å². The van der Waals surface area contributed by atoms with E-state index in [4.69, 9.17) is 37.9 Å². The number of hydrogen-bond acceptors (Lipinski definition) is 14. The van der Waals surface area contributed by atoms with Crippen LogP contribution in [0.3, 0.4) is 0 Å². The van der Waals surface area contributed by atoms with E-state index in [-0.39, 0.29) is 30.4 Å². The summed E-state index contributed by atoms with van der Waals surface area (Å²) in [6.45, 7) is 1.47. The number of fused-ring (bicyclic) bond motifs is 3. The molecule has 2 N–H and O–H groups in total. The van der Waals surface area contributed by atoms with Crippen molar-refractivity contribution in [2.75, 3.05) is 21.0 Å². The van der Waals surface area contributed by atoms with Crippen LogP contribution in [0.4, 0.5) is 0 Å². The average Bonchev–Trinajstić information content (AvgIpc) is 3.71. The molecule has 3 aliphatic rings. The molecule has 0 radical (unpaired) electrons. The fraction of sp³-hybridized carbons (Fsp3) is 0.312. The van der Waals surface area contributed by atoms with Crippen LogP contribution in [-0.4, -0.2) is 83.8 Å². The molecule has 1 saturated heterocycles. The molecule has 0 bridgehead atoms. The molecule has 1 unspecified atom stereocenters. The second-order valence-corrected chi connectivity index (χ2v) is 10.7. The van der Waals surface area contributed by atoms with Crippen LogP contribution in [0.25, 0.3) is 21.9 Å². The Labute approximate surface area is 261 Å². The predicted octanol–water partition coefficient (Wildman–Crippen LogP) is 2.78. The van der Waals surface area contributed by atoms with Crippen molar-refractivity contribution in [3.63, 3.8) is 0 Å². The van der Waals surface area contributed by atoms with Gasteiger partial charge in [0.15, 0.2) is 40.9 Å². The molecule has 14 nitrogen and oxygen atoms in total. The van der Waals surface area contributed by atoms with Gasteiger partial charge in [-0.3, -0.25) is 4.98 Å². The molecular weight excluding hydrogens is 604 g/mol. The van der Waals surface area contributed by atoms with Gasteiger partial charge < -0.3 is 48.1 Å². The summed E-state index contributed by atoms with van der Waals surface area (Å²) >= 11 is 0. The van der Waals surface area contributed by atoms with Crippen molar-refractivity contribution in [1.82, 2.24) is 9.97 Å². The lowest BCUT2D eigenvalue weighted by Crippen LogP contribution is -2.59. The predicted molar refractivity (Wildman–Crippen MR) is 156 cm³/mol. The van der Waals surface area contributed by atoms with Gasteiger partial charge in [-0.15, -0.1) is 0 Å². The first-order valence-corrected chi connectivity index (χ1v) is 14.3. The minimum Gasteiger partial charge on any atom is -0.493 e. The van der Waals surface area contributed by atoms with E-state index in [1.165, 1.54) is 32.8 Å². The van der Waals surface area contributed by atoms with Gasteiger partial charge in [-0.2, -0.15) is 0 Å². The summed E-state index contributed by atoms with van der Waals surface area (Å²) < 4.78 is 45.5. The number of rotatable bonds is 7. The molecule has 3 aromatic carbocycles. The summed E-state index contributed by atoms with van der Waals surface area (Å²) in [6, 6.07) is 8.72. The molecule has 0 amide bonds. The Balaban J connectivity index is 1.35. The van der Waals surface area contributed by atoms with Crippen LogP contribution in [0, 0.1) is 0 Å². The lowest BCUT2D eigenvalue weighted by atomic mass is 9.89. The van der Waals surface area contributed by atoms with Gasteiger partial charge in [-0.05, 0) is 42.1 Å². The fourth-order valence-electron chi connectivity index (χ4n) is 5.83. The summed E-state index contributed by atoms with van der Waals surface area (Å²) in [5, 5.41) is 23.2. The Morgan fingerprint density at radius 2 is 1.70 bits per heavy atom. The highest BCUT2D eigenvalue weighted by atomic mass is 16.7. The van der Waals surface area contributed by atoms with Gasteiger partial charge in [0.2, 0.25) is 13.1 Å². The SMILES string of the molecule is COc1cc2c(OC3O[C@H](C)[C@@H](O)[C@H](OC(=O)c4cnccn4)[C@H]3O)c3c(c(-c4ccc5c(c4)OCO5)c2cc1OC)C(=O)OC3. The number of carbonyl (C=O) groups excluding carboxylic acids is 2. The van der Waals surface area contributed by atoms with Gasteiger partial charge in [0, 0.05) is 28.9 Å². The Morgan fingerprint density at radius 1 is 0.935 bits per heavy atom. The second-order valence-electron chi connectivity index (χ2n) is 10.7. The van der Waals surface area contributed by atoms with Crippen LogP contribution in [0.5, 0.6) is 28.7 Å². The zero-order valence-electron chi connectivity index (χ0n) is 24.8. The molecular formula is C32H28N2O12. The number of benzene rings is 3. The van der Waals surface area contributed by atoms with E-state index in [2.05, 4.69) is 9.97 Å². The van der Waals surface area contributed by atoms with Crippen molar-refractivity contribution >= 4 is 22.7 Å². The van der Waals surface area contributed by atoms with E-state index in [1.807, 2.05) is 0 Å². The number of aliphatic hydroxyl groups is 2. The Hall–Kier alpha value is -5.18. The van der Waals surface area contributed by atoms with E-state index in [0.29, 0.717) is 50.5 Å². The van der Waals surface area contributed by atoms with Crippen molar-refractivity contribution in [2.24, 2.45) is 0 Å². The Kier molecular flexibility index (Phi) is 7.47. The summed E-state index contributed by atoms with van der Waals surface area (Å²) in [6.07, 6.45) is -3.01. The van der Waals surface area contributed by atoms with Crippen LogP contribution in [0.1, 0.15) is 33.3 Å². The number of methoxy groups -OCH3 is 2. The summed E-state index contributed by atoms with van der Waals surface area (Å²) in [7, 11) is 2.97. The molecule has 7 rings (SSSR count). The van der Waals surface area contributed by atoms with Crippen molar-refractivity contribution in [1.29, 1.82) is 0 Å². The van der Waals surface area contributed by atoms with Gasteiger partial charge in [0.25, 0.3) is 0 Å². The zero-order chi connectivity index (χ0) is 32.1. The maximum atomic E-state index is 13.4. The normalized spacial score (nSPS) is 23.1. The van der Waals surface area contributed by atoms with Crippen molar-refractivity contribution < 1.29 is 57.7 Å². The fourth-order valence-corrected chi connectivity index (χ4v) is 5.83. The monoisotopic (exact) mass is 632 g/mol. The van der Waals surface area contributed by atoms with Crippen molar-refractivity contribution in [3.05, 3.63) is 65.7 Å². The summed E-state index contributed by atoms with van der Waals surface area (Å²) in [5.41, 5.74) is 1.68. The van der Waals surface area contributed by atoms with E-state index in [1.54, 1.807) is 37.3 Å². The molecule has 1 aromatic heterocycles. The van der Waals surface area contributed by atoms with Crippen LogP contribution >= 0.6 is 0 Å². The number of aliphatic hydroxyl groups excluding tert-OH is 2. The molecule has 0 spiro atoms. The molecule has 1 fully saturated rings. The second kappa shape index (κ2) is 11.6. The number of carbonyl (C=O) groups is 2. The molecule has 0 aliphatic carbocycles. The summed E-state index contributed by atoms with van der Waals surface area (Å²) in [4.78, 5) is 33.9. The first-order valence-electron chi connectivity index (χ1n) is 14.3. The molecule has 5 atom stereocenters. The number of aromatic nitrogens is 2.